The van der Waals surface area contributed by atoms with Crippen molar-refractivity contribution in [3.8, 4) is 23.0 Å². The Kier molecular flexibility index (Phi) is 4.90. The van der Waals surface area contributed by atoms with E-state index >= 15 is 0 Å². The lowest BCUT2D eigenvalue weighted by Crippen LogP contribution is -2.19. The molecule has 0 bridgehead atoms. The van der Waals surface area contributed by atoms with Gasteiger partial charge in [-0.15, -0.1) is 0 Å². The van der Waals surface area contributed by atoms with E-state index in [1.807, 2.05) is 30.3 Å². The third-order valence-electron chi connectivity index (χ3n) is 4.42. The molecule has 0 aliphatic rings. The summed E-state index contributed by atoms with van der Waals surface area (Å²) in [6, 6.07) is 14.0. The number of imidazole rings is 1. The molecule has 8 heteroatoms. The topological polar surface area (TPSA) is 85.8 Å². The zero-order valence-corrected chi connectivity index (χ0v) is 15.9. The zero-order chi connectivity index (χ0) is 20.4. The van der Waals surface area contributed by atoms with Crippen LogP contribution in [0.1, 0.15) is 11.4 Å². The van der Waals surface area contributed by atoms with Gasteiger partial charge in [-0.05, 0) is 43.7 Å². The summed E-state index contributed by atoms with van der Waals surface area (Å²) in [5.74, 6) is 0.698. The van der Waals surface area contributed by atoms with Crippen molar-refractivity contribution in [2.45, 2.75) is 20.4 Å². The normalized spacial score (nSPS) is 10.9. The first kappa shape index (κ1) is 18.5. The van der Waals surface area contributed by atoms with Crippen molar-refractivity contribution in [2.75, 3.05) is 5.32 Å². The van der Waals surface area contributed by atoms with E-state index in [9.17, 15) is 9.18 Å². The van der Waals surface area contributed by atoms with Crippen LogP contribution in [0.4, 0.5) is 10.1 Å². The Balaban J connectivity index is 1.49. The van der Waals surface area contributed by atoms with Gasteiger partial charge in [-0.3, -0.25) is 4.79 Å². The van der Waals surface area contributed by atoms with E-state index in [4.69, 9.17) is 4.52 Å². The molecular weight excluding hydrogens is 373 g/mol. The molecule has 2 heterocycles. The maximum Gasteiger partial charge on any atom is 0.258 e. The van der Waals surface area contributed by atoms with E-state index in [0.717, 1.165) is 5.56 Å². The van der Waals surface area contributed by atoms with Crippen molar-refractivity contribution in [1.82, 2.24) is 19.7 Å². The molecule has 4 aromatic rings. The lowest BCUT2D eigenvalue weighted by molar-refractivity contribution is -0.116. The van der Waals surface area contributed by atoms with Crippen molar-refractivity contribution in [3.05, 3.63) is 71.9 Å². The van der Waals surface area contributed by atoms with Crippen LogP contribution in [0.25, 0.3) is 23.0 Å². The van der Waals surface area contributed by atoms with Gasteiger partial charge in [-0.1, -0.05) is 29.4 Å². The molecule has 29 heavy (non-hydrogen) atoms. The minimum absolute atomic E-state index is 0.0255. The van der Waals surface area contributed by atoms with E-state index in [-0.39, 0.29) is 18.3 Å². The average Bonchev–Trinajstić information content (AvgIpc) is 3.33. The fraction of sp³-hybridized carbons (Fsp3) is 0.143. The largest absolute Gasteiger partial charge is 0.334 e. The van der Waals surface area contributed by atoms with Gasteiger partial charge in [0.25, 0.3) is 5.89 Å². The first-order valence-electron chi connectivity index (χ1n) is 8.99. The third-order valence-corrected chi connectivity index (χ3v) is 4.42. The van der Waals surface area contributed by atoms with E-state index in [1.54, 1.807) is 36.7 Å². The molecule has 0 fully saturated rings. The van der Waals surface area contributed by atoms with Gasteiger partial charge in [0.05, 0.1) is 0 Å². The first-order valence-corrected chi connectivity index (χ1v) is 8.99. The van der Waals surface area contributed by atoms with Crippen LogP contribution in [0.3, 0.4) is 0 Å². The van der Waals surface area contributed by atoms with Crippen LogP contribution in [-0.2, 0) is 11.3 Å². The summed E-state index contributed by atoms with van der Waals surface area (Å²) < 4.78 is 20.6. The Morgan fingerprint density at radius 2 is 1.93 bits per heavy atom. The highest BCUT2D eigenvalue weighted by Crippen LogP contribution is 2.21. The van der Waals surface area contributed by atoms with Crippen molar-refractivity contribution < 1.29 is 13.7 Å². The molecule has 0 atom stereocenters. The van der Waals surface area contributed by atoms with Gasteiger partial charge in [-0.25, -0.2) is 9.37 Å². The van der Waals surface area contributed by atoms with E-state index in [1.165, 1.54) is 6.07 Å². The number of anilines is 1. The highest BCUT2D eigenvalue weighted by Gasteiger charge is 2.16. The highest BCUT2D eigenvalue weighted by molar-refractivity contribution is 5.90. The molecule has 0 aliphatic heterocycles. The summed E-state index contributed by atoms with van der Waals surface area (Å²) in [5.41, 5.74) is 2.24. The number of nitrogens with one attached hydrogen (secondary N) is 1. The maximum atomic E-state index is 13.6. The molecule has 146 valence electrons. The number of aromatic nitrogens is 4. The molecule has 0 unspecified atom stereocenters. The van der Waals surface area contributed by atoms with Gasteiger partial charge in [-0.2, -0.15) is 4.98 Å². The zero-order valence-electron chi connectivity index (χ0n) is 15.9. The van der Waals surface area contributed by atoms with Crippen molar-refractivity contribution >= 4 is 11.6 Å². The molecule has 0 saturated carbocycles. The number of amides is 1. The Labute approximate surface area is 166 Å². The Bertz CT molecular complexity index is 1170. The second-order valence-corrected chi connectivity index (χ2v) is 6.60. The summed E-state index contributed by atoms with van der Waals surface area (Å²) >= 11 is 0. The average molecular weight is 391 g/mol. The fourth-order valence-corrected chi connectivity index (χ4v) is 2.83. The molecule has 0 saturated heterocycles. The number of carbonyl (C=O) groups is 1. The van der Waals surface area contributed by atoms with Crippen LogP contribution >= 0.6 is 0 Å². The molecular formula is C21H18FN5O2. The molecule has 2 aromatic heterocycles. The monoisotopic (exact) mass is 391 g/mol. The lowest BCUT2D eigenvalue weighted by atomic mass is 10.2. The van der Waals surface area contributed by atoms with E-state index in [0.29, 0.717) is 34.5 Å². The van der Waals surface area contributed by atoms with Crippen molar-refractivity contribution in [2.24, 2.45) is 0 Å². The molecule has 7 nitrogen and oxygen atoms in total. The minimum atomic E-state index is -0.366. The predicted molar refractivity (Wildman–Crippen MR) is 105 cm³/mol. The summed E-state index contributed by atoms with van der Waals surface area (Å²) in [6.07, 6.45) is 1.68. The molecule has 2 aromatic carbocycles. The smallest absolute Gasteiger partial charge is 0.258 e. The Morgan fingerprint density at radius 3 is 2.69 bits per heavy atom. The number of aryl methyl sites for hydroxylation is 2. The molecule has 0 radical (unpaired) electrons. The van der Waals surface area contributed by atoms with Gasteiger partial charge < -0.3 is 14.4 Å². The van der Waals surface area contributed by atoms with Gasteiger partial charge in [0.15, 0.2) is 0 Å². The van der Waals surface area contributed by atoms with Crippen LogP contribution < -0.4 is 5.32 Å². The molecule has 4 rings (SSSR count). The Hall–Kier alpha value is -3.81. The lowest BCUT2D eigenvalue weighted by Gasteiger charge is -2.08. The summed E-state index contributed by atoms with van der Waals surface area (Å²) in [5, 5.41) is 6.66. The number of rotatable bonds is 5. The van der Waals surface area contributed by atoms with Crippen LogP contribution in [-0.4, -0.2) is 25.6 Å². The number of hydrogen-bond donors (Lipinski definition) is 1. The van der Waals surface area contributed by atoms with Gasteiger partial charge in [0, 0.05) is 17.4 Å². The van der Waals surface area contributed by atoms with Crippen LogP contribution in [0.2, 0.25) is 0 Å². The molecule has 0 aliphatic carbocycles. The molecule has 1 amide bonds. The number of halogens is 1. The fourth-order valence-electron chi connectivity index (χ4n) is 2.83. The number of benzene rings is 2. The molecule has 1 N–H and O–H groups in total. The number of carbonyl (C=O) groups excluding carboxylic acids is 1. The number of hydrogen-bond acceptors (Lipinski definition) is 5. The Morgan fingerprint density at radius 1 is 1.14 bits per heavy atom. The standard InChI is InChI=1S/C21H18FN5O2/c1-13-8-9-16(10-17(13)22)24-19(28)12-27-11-18(23-14(27)2)20-25-21(29-26-20)15-6-4-3-5-7-15/h3-11H,12H2,1-2H3,(H,24,28). The summed E-state index contributed by atoms with van der Waals surface area (Å²) in [7, 11) is 0. The second kappa shape index (κ2) is 7.67. The maximum absolute atomic E-state index is 13.6. The predicted octanol–water partition coefficient (Wildman–Crippen LogP) is 3.99. The quantitative estimate of drug-likeness (QED) is 0.556. The van der Waals surface area contributed by atoms with Crippen molar-refractivity contribution in [3.63, 3.8) is 0 Å². The SMILES string of the molecule is Cc1ccc(NC(=O)Cn2cc(-c3noc(-c4ccccc4)n3)nc2C)cc1F. The van der Waals surface area contributed by atoms with Gasteiger partial charge >= 0.3 is 0 Å². The van der Waals surface area contributed by atoms with E-state index < -0.39 is 0 Å². The highest BCUT2D eigenvalue weighted by atomic mass is 19.1. The summed E-state index contributed by atoms with van der Waals surface area (Å²) in [4.78, 5) is 21.1. The van der Waals surface area contributed by atoms with Crippen LogP contribution in [0.5, 0.6) is 0 Å². The van der Waals surface area contributed by atoms with E-state index in [2.05, 4.69) is 20.4 Å². The van der Waals surface area contributed by atoms with Crippen LogP contribution in [0.15, 0.2) is 59.3 Å². The van der Waals surface area contributed by atoms with Gasteiger partial charge in [0.2, 0.25) is 11.7 Å². The minimum Gasteiger partial charge on any atom is -0.334 e. The third kappa shape index (κ3) is 4.06. The van der Waals surface area contributed by atoms with Gasteiger partial charge in [0.1, 0.15) is 23.9 Å². The van der Waals surface area contributed by atoms with Crippen molar-refractivity contribution in [1.29, 1.82) is 0 Å². The second-order valence-electron chi connectivity index (χ2n) is 6.60. The number of nitrogens with zero attached hydrogens (tertiary/aromatic N) is 4. The first-order chi connectivity index (χ1) is 14.0. The van der Waals surface area contributed by atoms with Crippen LogP contribution in [0, 0.1) is 19.7 Å². The summed E-state index contributed by atoms with van der Waals surface area (Å²) in [6.45, 7) is 3.47. The molecule has 0 spiro atoms.